The normalized spacial score (nSPS) is 20.2. The molecule has 1 fully saturated rings. The van der Waals surface area contributed by atoms with E-state index in [9.17, 15) is 17.6 Å². The van der Waals surface area contributed by atoms with Gasteiger partial charge >= 0.3 is 5.97 Å². The lowest BCUT2D eigenvalue weighted by Crippen LogP contribution is -2.33. The lowest BCUT2D eigenvalue weighted by atomic mass is 10.2. The molecule has 1 aliphatic heterocycles. The Kier molecular flexibility index (Phi) is 4.04. The van der Waals surface area contributed by atoms with E-state index in [1.807, 2.05) is 0 Å². The second kappa shape index (κ2) is 5.31. The predicted octanol–water partition coefficient (Wildman–Crippen LogP) is 2.35. The van der Waals surface area contributed by atoms with Gasteiger partial charge in [-0.05, 0) is 31.9 Å². The van der Waals surface area contributed by atoms with Gasteiger partial charge in [-0.3, -0.25) is 0 Å². The largest absolute Gasteiger partial charge is 0.478 e. The van der Waals surface area contributed by atoms with E-state index in [2.05, 4.69) is 0 Å². The van der Waals surface area contributed by atoms with Crippen LogP contribution in [-0.2, 0) is 10.0 Å². The van der Waals surface area contributed by atoms with Gasteiger partial charge in [0.2, 0.25) is 10.0 Å². The molecule has 1 aliphatic rings. The number of rotatable bonds is 3. The highest BCUT2D eigenvalue weighted by Gasteiger charge is 2.34. The van der Waals surface area contributed by atoms with Crippen molar-refractivity contribution < 1.29 is 22.7 Å². The average Bonchev–Trinajstić information content (AvgIpc) is 2.78. The van der Waals surface area contributed by atoms with Gasteiger partial charge in [0.05, 0.1) is 15.5 Å². The number of sulfonamides is 1. The summed E-state index contributed by atoms with van der Waals surface area (Å²) in [5.74, 6) is -2.53. The van der Waals surface area contributed by atoms with Crippen molar-refractivity contribution in [2.24, 2.45) is 0 Å². The summed E-state index contributed by atoms with van der Waals surface area (Å²) >= 11 is 5.53. The minimum atomic E-state index is -3.91. The molecular formula is C12H13ClFNO4S. The summed E-state index contributed by atoms with van der Waals surface area (Å²) in [7, 11) is -3.91. The van der Waals surface area contributed by atoms with Crippen molar-refractivity contribution in [1.82, 2.24) is 4.31 Å². The number of aromatic carboxylic acids is 1. The first kappa shape index (κ1) is 15.2. The first-order valence-electron chi connectivity index (χ1n) is 5.99. The molecule has 1 heterocycles. The molecule has 1 aromatic carbocycles. The summed E-state index contributed by atoms with van der Waals surface area (Å²) in [5.41, 5.74) is -0.558. The Hall–Kier alpha value is -1.18. The standard InChI is InChI=1S/C12H13ClFNO4S/c1-7-3-2-4-15(7)20(18,19)8-5-9(12(16)17)11(13)10(14)6-8/h5-7H,2-4H2,1H3,(H,16,17). The summed E-state index contributed by atoms with van der Waals surface area (Å²) in [6.07, 6.45) is 1.45. The Bertz CT molecular complexity index is 662. The third kappa shape index (κ3) is 2.53. The smallest absolute Gasteiger partial charge is 0.337 e. The summed E-state index contributed by atoms with van der Waals surface area (Å²) < 4.78 is 39.7. The number of carboxylic acid groups (broad SMARTS) is 1. The van der Waals surface area contributed by atoms with Crippen LogP contribution in [0.4, 0.5) is 4.39 Å². The van der Waals surface area contributed by atoms with Crippen LogP contribution in [0.15, 0.2) is 17.0 Å². The van der Waals surface area contributed by atoms with Crippen LogP contribution in [0.2, 0.25) is 5.02 Å². The van der Waals surface area contributed by atoms with Crippen LogP contribution in [0.3, 0.4) is 0 Å². The summed E-state index contributed by atoms with van der Waals surface area (Å²) in [4.78, 5) is 10.6. The molecule has 1 aromatic rings. The summed E-state index contributed by atoms with van der Waals surface area (Å²) in [6.45, 7) is 2.10. The number of halogens is 2. The summed E-state index contributed by atoms with van der Waals surface area (Å²) in [5, 5.41) is 8.35. The van der Waals surface area contributed by atoms with Crippen molar-refractivity contribution in [3.05, 3.63) is 28.5 Å². The van der Waals surface area contributed by atoms with Gasteiger partial charge in [-0.15, -0.1) is 0 Å². The number of hydrogen-bond donors (Lipinski definition) is 1. The molecule has 1 unspecified atom stereocenters. The van der Waals surface area contributed by atoms with E-state index in [1.54, 1.807) is 6.92 Å². The zero-order chi connectivity index (χ0) is 15.1. The molecule has 5 nitrogen and oxygen atoms in total. The Morgan fingerprint density at radius 1 is 1.50 bits per heavy atom. The van der Waals surface area contributed by atoms with Crippen molar-refractivity contribution in [1.29, 1.82) is 0 Å². The third-order valence-electron chi connectivity index (χ3n) is 3.33. The molecule has 8 heteroatoms. The van der Waals surface area contributed by atoms with Crippen LogP contribution in [0.5, 0.6) is 0 Å². The predicted molar refractivity (Wildman–Crippen MR) is 71.0 cm³/mol. The molecule has 1 N–H and O–H groups in total. The second-order valence-corrected chi connectivity index (χ2v) is 6.95. The van der Waals surface area contributed by atoms with Crippen LogP contribution in [0, 0.1) is 5.82 Å². The van der Waals surface area contributed by atoms with E-state index in [-0.39, 0.29) is 10.9 Å². The maximum absolute atomic E-state index is 13.6. The topological polar surface area (TPSA) is 74.7 Å². The number of benzene rings is 1. The molecule has 0 bridgehead atoms. The average molecular weight is 322 g/mol. The van der Waals surface area contributed by atoms with Crippen LogP contribution >= 0.6 is 11.6 Å². The van der Waals surface area contributed by atoms with Gasteiger partial charge < -0.3 is 5.11 Å². The van der Waals surface area contributed by atoms with Crippen LogP contribution in [0.25, 0.3) is 0 Å². The molecule has 1 saturated heterocycles. The van der Waals surface area contributed by atoms with Gasteiger partial charge in [0, 0.05) is 12.6 Å². The highest BCUT2D eigenvalue weighted by molar-refractivity contribution is 7.89. The van der Waals surface area contributed by atoms with E-state index < -0.39 is 32.4 Å². The molecule has 0 aliphatic carbocycles. The fraction of sp³-hybridized carbons (Fsp3) is 0.417. The van der Waals surface area contributed by atoms with Crippen LogP contribution < -0.4 is 0 Å². The number of carboxylic acids is 1. The molecule has 0 spiro atoms. The number of carbonyl (C=O) groups is 1. The Morgan fingerprint density at radius 2 is 2.15 bits per heavy atom. The molecule has 110 valence electrons. The van der Waals surface area contributed by atoms with Crippen molar-refractivity contribution in [2.75, 3.05) is 6.54 Å². The van der Waals surface area contributed by atoms with Crippen molar-refractivity contribution in [2.45, 2.75) is 30.7 Å². The highest BCUT2D eigenvalue weighted by atomic mass is 35.5. The molecule has 0 aromatic heterocycles. The molecule has 0 saturated carbocycles. The van der Waals surface area contributed by atoms with E-state index in [0.717, 1.165) is 25.0 Å². The molecule has 20 heavy (non-hydrogen) atoms. The first-order chi connectivity index (χ1) is 9.25. The lowest BCUT2D eigenvalue weighted by Gasteiger charge is -2.21. The van der Waals surface area contributed by atoms with Gasteiger partial charge in [-0.25, -0.2) is 17.6 Å². The highest BCUT2D eigenvalue weighted by Crippen LogP contribution is 2.29. The minimum absolute atomic E-state index is 0.188. The molecule has 1 atom stereocenters. The van der Waals surface area contributed by atoms with E-state index in [0.29, 0.717) is 6.54 Å². The Balaban J connectivity index is 2.55. The first-order valence-corrected chi connectivity index (χ1v) is 7.81. The van der Waals surface area contributed by atoms with Crippen molar-refractivity contribution in [3.8, 4) is 0 Å². The minimum Gasteiger partial charge on any atom is -0.478 e. The fourth-order valence-electron chi connectivity index (χ4n) is 2.27. The Labute approximate surface area is 121 Å². The number of hydrogen-bond acceptors (Lipinski definition) is 3. The van der Waals surface area contributed by atoms with E-state index in [4.69, 9.17) is 16.7 Å². The van der Waals surface area contributed by atoms with Gasteiger partial charge in [0.1, 0.15) is 5.82 Å². The van der Waals surface area contributed by atoms with Gasteiger partial charge in [0.25, 0.3) is 0 Å². The lowest BCUT2D eigenvalue weighted by molar-refractivity contribution is 0.0696. The zero-order valence-corrected chi connectivity index (χ0v) is 12.2. The van der Waals surface area contributed by atoms with Gasteiger partial charge in [-0.2, -0.15) is 4.31 Å². The van der Waals surface area contributed by atoms with Crippen molar-refractivity contribution >= 4 is 27.6 Å². The van der Waals surface area contributed by atoms with Crippen LogP contribution in [-0.4, -0.2) is 36.4 Å². The van der Waals surface area contributed by atoms with Gasteiger partial charge in [0.15, 0.2) is 0 Å². The Morgan fingerprint density at radius 3 is 2.65 bits per heavy atom. The second-order valence-electron chi connectivity index (χ2n) is 4.68. The van der Waals surface area contributed by atoms with E-state index in [1.165, 1.54) is 4.31 Å². The quantitative estimate of drug-likeness (QED) is 0.927. The monoisotopic (exact) mass is 321 g/mol. The molecular weight excluding hydrogens is 309 g/mol. The molecule has 2 rings (SSSR count). The van der Waals surface area contributed by atoms with Crippen LogP contribution in [0.1, 0.15) is 30.1 Å². The maximum Gasteiger partial charge on any atom is 0.337 e. The van der Waals surface area contributed by atoms with Crippen molar-refractivity contribution in [3.63, 3.8) is 0 Å². The maximum atomic E-state index is 13.6. The molecule has 0 radical (unpaired) electrons. The fourth-order valence-corrected chi connectivity index (χ4v) is 4.20. The van der Waals surface area contributed by atoms with Gasteiger partial charge in [-0.1, -0.05) is 11.6 Å². The zero-order valence-electron chi connectivity index (χ0n) is 10.6. The van der Waals surface area contributed by atoms with E-state index >= 15 is 0 Å². The number of nitrogens with zero attached hydrogens (tertiary/aromatic N) is 1. The third-order valence-corrected chi connectivity index (χ3v) is 5.71. The summed E-state index contributed by atoms with van der Waals surface area (Å²) in [6, 6.07) is 1.47. The molecule has 0 amide bonds. The SMILES string of the molecule is CC1CCCN1S(=O)(=O)c1cc(F)c(Cl)c(C(=O)O)c1.